The molecule has 0 saturated heterocycles. The van der Waals surface area contributed by atoms with Crippen LogP contribution in [0.4, 0.5) is 0 Å². The Morgan fingerprint density at radius 1 is 1.24 bits per heavy atom. The van der Waals surface area contributed by atoms with Crippen molar-refractivity contribution in [3.05, 3.63) is 33.3 Å². The molecule has 0 heterocycles. The van der Waals surface area contributed by atoms with Gasteiger partial charge in [-0.3, -0.25) is 0 Å². The largest absolute Gasteiger partial charge is 0.309 e. The first-order chi connectivity index (χ1) is 9.52. The van der Waals surface area contributed by atoms with Crippen LogP contribution in [0.15, 0.2) is 16.6 Å². The topological polar surface area (TPSA) is 46.2 Å². The predicted octanol–water partition coefficient (Wildman–Crippen LogP) is 3.93. The van der Waals surface area contributed by atoms with Crippen molar-refractivity contribution in [2.75, 3.05) is 12.8 Å². The fourth-order valence-corrected chi connectivity index (χ4v) is 3.44. The summed E-state index contributed by atoms with van der Waals surface area (Å²) < 4.78 is 24.7. The maximum atomic E-state index is 12.2. The lowest BCUT2D eigenvalue weighted by atomic mass is 9.90. The SMILES string of the molecule is CCCNC(c1cc(C)c(Br)cc1C)C(C)(C)S(C)(=O)=O. The molecule has 0 amide bonds. The van der Waals surface area contributed by atoms with Gasteiger partial charge in [-0.25, -0.2) is 8.42 Å². The van der Waals surface area contributed by atoms with Gasteiger partial charge in [0.1, 0.15) is 0 Å². The minimum atomic E-state index is -3.19. The fourth-order valence-electron chi connectivity index (χ4n) is 2.35. The Morgan fingerprint density at radius 2 is 1.81 bits per heavy atom. The molecule has 0 fully saturated rings. The van der Waals surface area contributed by atoms with Crippen molar-refractivity contribution in [2.45, 2.75) is 51.8 Å². The molecule has 1 atom stereocenters. The Balaban J connectivity index is 3.43. The van der Waals surface area contributed by atoms with Crippen LogP contribution in [0.3, 0.4) is 0 Å². The molecular formula is C16H26BrNO2S. The molecule has 1 rings (SSSR count). The van der Waals surface area contributed by atoms with Gasteiger partial charge in [-0.2, -0.15) is 0 Å². The maximum Gasteiger partial charge on any atom is 0.154 e. The number of hydrogen-bond acceptors (Lipinski definition) is 3. The third-order valence-electron chi connectivity index (χ3n) is 4.11. The lowest BCUT2D eigenvalue weighted by Gasteiger charge is -2.35. The molecule has 0 aliphatic carbocycles. The molecule has 120 valence electrons. The molecule has 1 N–H and O–H groups in total. The van der Waals surface area contributed by atoms with Crippen molar-refractivity contribution in [1.82, 2.24) is 5.32 Å². The molecule has 1 aromatic rings. The summed E-state index contributed by atoms with van der Waals surface area (Å²) in [5.74, 6) is 0. The first-order valence-electron chi connectivity index (χ1n) is 7.22. The third-order valence-corrected chi connectivity index (χ3v) is 7.11. The minimum Gasteiger partial charge on any atom is -0.309 e. The summed E-state index contributed by atoms with van der Waals surface area (Å²) in [6.07, 6.45) is 2.28. The summed E-state index contributed by atoms with van der Waals surface area (Å²) in [6, 6.07) is 3.92. The number of hydrogen-bond donors (Lipinski definition) is 1. The zero-order valence-electron chi connectivity index (χ0n) is 13.7. The van der Waals surface area contributed by atoms with Gasteiger partial charge in [0.2, 0.25) is 0 Å². The van der Waals surface area contributed by atoms with Crippen LogP contribution in [-0.2, 0) is 9.84 Å². The zero-order chi connectivity index (χ0) is 16.4. The van der Waals surface area contributed by atoms with Crippen LogP contribution in [-0.4, -0.2) is 26.0 Å². The van der Waals surface area contributed by atoms with Gasteiger partial charge in [-0.1, -0.05) is 28.9 Å². The van der Waals surface area contributed by atoms with Gasteiger partial charge in [-0.15, -0.1) is 0 Å². The van der Waals surface area contributed by atoms with E-state index in [0.717, 1.165) is 34.1 Å². The highest BCUT2D eigenvalue weighted by Gasteiger charge is 2.40. The maximum absolute atomic E-state index is 12.2. The molecule has 0 aromatic heterocycles. The highest BCUT2D eigenvalue weighted by Crippen LogP contribution is 2.35. The Kier molecular flexibility index (Phi) is 6.04. The van der Waals surface area contributed by atoms with Crippen molar-refractivity contribution in [1.29, 1.82) is 0 Å². The van der Waals surface area contributed by atoms with Crippen LogP contribution in [0.25, 0.3) is 0 Å². The van der Waals surface area contributed by atoms with Crippen LogP contribution in [0.5, 0.6) is 0 Å². The third kappa shape index (κ3) is 4.08. The highest BCUT2D eigenvalue weighted by atomic mass is 79.9. The number of halogens is 1. The van der Waals surface area contributed by atoms with E-state index >= 15 is 0 Å². The van der Waals surface area contributed by atoms with E-state index in [4.69, 9.17) is 0 Å². The summed E-state index contributed by atoms with van der Waals surface area (Å²) in [6.45, 7) is 10.5. The zero-order valence-corrected chi connectivity index (χ0v) is 16.2. The average Bonchev–Trinajstić information content (AvgIpc) is 2.34. The number of benzene rings is 1. The second-order valence-electron chi connectivity index (χ2n) is 6.22. The van der Waals surface area contributed by atoms with Crippen molar-refractivity contribution in [2.24, 2.45) is 0 Å². The van der Waals surface area contributed by atoms with E-state index in [1.807, 2.05) is 13.8 Å². The van der Waals surface area contributed by atoms with Crippen LogP contribution < -0.4 is 5.32 Å². The van der Waals surface area contributed by atoms with Crippen LogP contribution in [0.1, 0.15) is 49.9 Å². The summed E-state index contributed by atoms with van der Waals surface area (Å²) in [4.78, 5) is 0. The van der Waals surface area contributed by atoms with Crippen LogP contribution >= 0.6 is 15.9 Å². The summed E-state index contributed by atoms with van der Waals surface area (Å²) >= 11 is 3.53. The second-order valence-corrected chi connectivity index (χ2v) is 9.67. The van der Waals surface area contributed by atoms with Crippen molar-refractivity contribution in [3.8, 4) is 0 Å². The Morgan fingerprint density at radius 3 is 2.29 bits per heavy atom. The molecule has 0 saturated carbocycles. The summed E-state index contributed by atoms with van der Waals surface area (Å²) in [5.41, 5.74) is 3.26. The molecule has 1 unspecified atom stereocenters. The molecule has 0 radical (unpaired) electrons. The van der Waals surface area contributed by atoms with Gasteiger partial charge in [-0.05, 0) is 63.4 Å². The Labute approximate surface area is 137 Å². The van der Waals surface area contributed by atoms with E-state index < -0.39 is 14.6 Å². The van der Waals surface area contributed by atoms with E-state index in [1.165, 1.54) is 6.26 Å². The molecule has 3 nitrogen and oxygen atoms in total. The van der Waals surface area contributed by atoms with E-state index in [0.29, 0.717) is 0 Å². The minimum absolute atomic E-state index is 0.223. The predicted molar refractivity (Wildman–Crippen MR) is 93.6 cm³/mol. The van der Waals surface area contributed by atoms with Gasteiger partial charge in [0, 0.05) is 10.7 Å². The molecule has 0 aliphatic rings. The molecule has 0 aliphatic heterocycles. The van der Waals surface area contributed by atoms with Crippen LogP contribution in [0, 0.1) is 13.8 Å². The molecule has 0 spiro atoms. The summed E-state index contributed by atoms with van der Waals surface area (Å²) in [7, 11) is -3.19. The lowest BCUT2D eigenvalue weighted by Crippen LogP contribution is -2.45. The monoisotopic (exact) mass is 375 g/mol. The van der Waals surface area contributed by atoms with Gasteiger partial charge in [0.15, 0.2) is 9.84 Å². The quantitative estimate of drug-likeness (QED) is 0.818. The van der Waals surface area contributed by atoms with E-state index in [9.17, 15) is 8.42 Å². The van der Waals surface area contributed by atoms with Crippen molar-refractivity contribution >= 4 is 25.8 Å². The number of sulfone groups is 1. The Hall–Kier alpha value is -0.390. The van der Waals surface area contributed by atoms with Gasteiger partial charge >= 0.3 is 0 Å². The van der Waals surface area contributed by atoms with Crippen molar-refractivity contribution in [3.63, 3.8) is 0 Å². The van der Waals surface area contributed by atoms with E-state index in [1.54, 1.807) is 13.8 Å². The fraction of sp³-hybridized carbons (Fsp3) is 0.625. The second kappa shape index (κ2) is 6.80. The number of aryl methyl sites for hydroxylation is 2. The van der Waals surface area contributed by atoms with E-state index in [2.05, 4.69) is 40.3 Å². The van der Waals surface area contributed by atoms with Gasteiger partial charge in [0.25, 0.3) is 0 Å². The van der Waals surface area contributed by atoms with Gasteiger partial charge < -0.3 is 5.32 Å². The Bertz CT molecular complexity index is 609. The first-order valence-corrected chi connectivity index (χ1v) is 9.90. The van der Waals surface area contributed by atoms with Crippen molar-refractivity contribution < 1.29 is 8.42 Å². The molecule has 5 heteroatoms. The molecule has 0 bridgehead atoms. The normalized spacial score (nSPS) is 14.2. The van der Waals surface area contributed by atoms with E-state index in [-0.39, 0.29) is 6.04 Å². The standard InChI is InChI=1S/C16H26BrNO2S/c1-7-8-18-15(16(4,5)21(6,19)20)13-9-12(3)14(17)10-11(13)2/h9-10,15,18H,7-8H2,1-6H3. The van der Waals surface area contributed by atoms with Gasteiger partial charge in [0.05, 0.1) is 10.8 Å². The lowest BCUT2D eigenvalue weighted by molar-refractivity contribution is 0.418. The summed E-state index contributed by atoms with van der Waals surface area (Å²) in [5, 5.41) is 3.43. The molecule has 1 aromatic carbocycles. The highest BCUT2D eigenvalue weighted by molar-refractivity contribution is 9.10. The molecule has 21 heavy (non-hydrogen) atoms. The average molecular weight is 376 g/mol. The van der Waals surface area contributed by atoms with Crippen LogP contribution in [0.2, 0.25) is 0 Å². The smallest absolute Gasteiger partial charge is 0.154 e. The number of nitrogens with one attached hydrogen (secondary N) is 1. The number of rotatable bonds is 6. The molecular weight excluding hydrogens is 350 g/mol. The first kappa shape index (κ1) is 18.7.